The number of esters is 1. The van der Waals surface area contributed by atoms with Gasteiger partial charge in [0.1, 0.15) is 12.6 Å². The lowest BCUT2D eigenvalue weighted by Gasteiger charge is -2.22. The van der Waals surface area contributed by atoms with Crippen LogP contribution in [0.25, 0.3) is 0 Å². The fourth-order valence-electron chi connectivity index (χ4n) is 1.08. The van der Waals surface area contributed by atoms with Gasteiger partial charge < -0.3 is 20.1 Å². The van der Waals surface area contributed by atoms with Gasteiger partial charge in [0, 0.05) is 13.1 Å². The van der Waals surface area contributed by atoms with Crippen LogP contribution in [0.1, 0.15) is 0 Å². The van der Waals surface area contributed by atoms with Crippen LogP contribution in [0.3, 0.4) is 0 Å². The monoisotopic (exact) mass is 238 g/mol. The van der Waals surface area contributed by atoms with Gasteiger partial charge in [0.05, 0.1) is 13.7 Å². The van der Waals surface area contributed by atoms with Gasteiger partial charge in [0.25, 0.3) is 5.91 Å². The molecular formula is C8H15ClN2O4. The summed E-state index contributed by atoms with van der Waals surface area (Å²) in [5, 5.41) is 5.44. The van der Waals surface area contributed by atoms with Crippen molar-refractivity contribution in [2.75, 3.05) is 33.4 Å². The molecule has 0 unspecified atom stereocenters. The van der Waals surface area contributed by atoms with Crippen molar-refractivity contribution in [2.24, 2.45) is 0 Å². The standard InChI is InChI=1S/C8H14N2O4.ClH/c1-13-7(11)5-10-8(12)6-4-9-2-3-14-6;/h6,9H,2-5H2,1H3,(H,10,12);1H/t6-;/m0./s1. The van der Waals surface area contributed by atoms with E-state index in [9.17, 15) is 9.59 Å². The maximum absolute atomic E-state index is 11.3. The Bertz CT molecular complexity index is 219. The van der Waals surface area contributed by atoms with E-state index in [1.807, 2.05) is 0 Å². The van der Waals surface area contributed by atoms with Gasteiger partial charge in [0.15, 0.2) is 0 Å². The molecule has 6 nitrogen and oxygen atoms in total. The molecule has 1 amide bonds. The van der Waals surface area contributed by atoms with Gasteiger partial charge in [-0.15, -0.1) is 12.4 Å². The molecule has 2 N–H and O–H groups in total. The maximum atomic E-state index is 11.3. The third kappa shape index (κ3) is 4.96. The van der Waals surface area contributed by atoms with Crippen molar-refractivity contribution in [3.05, 3.63) is 0 Å². The summed E-state index contributed by atoms with van der Waals surface area (Å²) < 4.78 is 9.56. The predicted molar refractivity (Wildman–Crippen MR) is 54.9 cm³/mol. The Labute approximate surface area is 94.1 Å². The summed E-state index contributed by atoms with van der Waals surface area (Å²) in [6.07, 6.45) is -0.506. The van der Waals surface area contributed by atoms with E-state index in [-0.39, 0.29) is 24.9 Å². The fraction of sp³-hybridized carbons (Fsp3) is 0.750. The van der Waals surface area contributed by atoms with E-state index in [2.05, 4.69) is 15.4 Å². The number of carbonyl (C=O) groups excluding carboxylic acids is 2. The second-order valence-electron chi connectivity index (χ2n) is 2.86. The van der Waals surface area contributed by atoms with Crippen molar-refractivity contribution in [1.29, 1.82) is 0 Å². The zero-order chi connectivity index (χ0) is 10.4. The molecule has 0 saturated carbocycles. The van der Waals surface area contributed by atoms with Crippen molar-refractivity contribution in [3.63, 3.8) is 0 Å². The lowest BCUT2D eigenvalue weighted by atomic mass is 10.3. The number of hydrogen-bond donors (Lipinski definition) is 2. The van der Waals surface area contributed by atoms with E-state index in [4.69, 9.17) is 4.74 Å². The molecule has 1 aliphatic heterocycles. The first-order chi connectivity index (χ1) is 6.74. The first kappa shape index (κ1) is 14.2. The number of methoxy groups -OCH3 is 1. The number of rotatable bonds is 3. The van der Waals surface area contributed by atoms with Crippen LogP contribution in [0, 0.1) is 0 Å². The average molecular weight is 239 g/mol. The molecule has 0 aromatic rings. The molecule has 1 atom stereocenters. The molecule has 1 fully saturated rings. The molecule has 1 saturated heterocycles. The van der Waals surface area contributed by atoms with Gasteiger partial charge in [-0.1, -0.05) is 0 Å². The summed E-state index contributed by atoms with van der Waals surface area (Å²) in [6, 6.07) is 0. The lowest BCUT2D eigenvalue weighted by Crippen LogP contribution is -2.48. The minimum atomic E-state index is -0.506. The predicted octanol–water partition coefficient (Wildman–Crippen LogP) is -1.31. The first-order valence-electron chi connectivity index (χ1n) is 4.41. The van der Waals surface area contributed by atoms with E-state index < -0.39 is 12.1 Å². The highest BCUT2D eigenvalue weighted by Crippen LogP contribution is 1.95. The van der Waals surface area contributed by atoms with E-state index in [1.165, 1.54) is 7.11 Å². The Kier molecular flexibility index (Phi) is 7.02. The number of ether oxygens (including phenoxy) is 2. The van der Waals surface area contributed by atoms with E-state index in [0.29, 0.717) is 13.2 Å². The fourth-order valence-corrected chi connectivity index (χ4v) is 1.08. The van der Waals surface area contributed by atoms with Crippen molar-refractivity contribution in [1.82, 2.24) is 10.6 Å². The largest absolute Gasteiger partial charge is 0.468 e. The van der Waals surface area contributed by atoms with Crippen LogP contribution in [-0.2, 0) is 19.1 Å². The number of morpholine rings is 1. The molecule has 15 heavy (non-hydrogen) atoms. The number of halogens is 1. The van der Waals surface area contributed by atoms with Crippen LogP contribution in [0.4, 0.5) is 0 Å². The van der Waals surface area contributed by atoms with Gasteiger partial charge in [0.2, 0.25) is 0 Å². The molecule has 88 valence electrons. The average Bonchev–Trinajstić information content (AvgIpc) is 2.26. The van der Waals surface area contributed by atoms with Crippen molar-refractivity contribution >= 4 is 24.3 Å². The Morgan fingerprint density at radius 2 is 2.33 bits per heavy atom. The summed E-state index contributed by atoms with van der Waals surface area (Å²) in [5.41, 5.74) is 0. The molecule has 0 aromatic heterocycles. The number of carbonyl (C=O) groups is 2. The van der Waals surface area contributed by atoms with Gasteiger partial charge in [-0.05, 0) is 0 Å². The molecule has 1 rings (SSSR count). The summed E-state index contributed by atoms with van der Waals surface area (Å²) in [4.78, 5) is 22.0. The van der Waals surface area contributed by atoms with Crippen LogP contribution in [0.5, 0.6) is 0 Å². The van der Waals surface area contributed by atoms with Gasteiger partial charge in [-0.3, -0.25) is 9.59 Å². The summed E-state index contributed by atoms with van der Waals surface area (Å²) in [7, 11) is 1.27. The second kappa shape index (κ2) is 7.44. The minimum Gasteiger partial charge on any atom is -0.468 e. The van der Waals surface area contributed by atoms with Gasteiger partial charge in [-0.25, -0.2) is 0 Å². The Hall–Kier alpha value is -0.850. The molecule has 1 heterocycles. The Morgan fingerprint density at radius 3 is 2.87 bits per heavy atom. The number of nitrogens with one attached hydrogen (secondary N) is 2. The van der Waals surface area contributed by atoms with E-state index >= 15 is 0 Å². The highest BCUT2D eigenvalue weighted by Gasteiger charge is 2.21. The van der Waals surface area contributed by atoms with Crippen LogP contribution < -0.4 is 10.6 Å². The lowest BCUT2D eigenvalue weighted by molar-refractivity contribution is -0.143. The first-order valence-corrected chi connectivity index (χ1v) is 4.41. The normalized spacial score (nSPS) is 19.9. The SMILES string of the molecule is COC(=O)CNC(=O)[C@@H]1CNCCO1.Cl. The Morgan fingerprint density at radius 1 is 1.60 bits per heavy atom. The molecular weight excluding hydrogens is 224 g/mol. The summed E-state index contributed by atoms with van der Waals surface area (Å²) in [5.74, 6) is -0.760. The molecule has 0 bridgehead atoms. The smallest absolute Gasteiger partial charge is 0.325 e. The van der Waals surface area contributed by atoms with Crippen molar-refractivity contribution in [3.8, 4) is 0 Å². The Balaban J connectivity index is 0.00000196. The summed E-state index contributed by atoms with van der Waals surface area (Å²) >= 11 is 0. The van der Waals surface area contributed by atoms with Crippen molar-refractivity contribution in [2.45, 2.75) is 6.10 Å². The van der Waals surface area contributed by atoms with Crippen LogP contribution in [0.2, 0.25) is 0 Å². The minimum absolute atomic E-state index is 0. The third-order valence-electron chi connectivity index (χ3n) is 1.85. The third-order valence-corrected chi connectivity index (χ3v) is 1.85. The summed E-state index contributed by atoms with van der Waals surface area (Å²) in [6.45, 7) is 1.62. The number of hydrogen-bond acceptors (Lipinski definition) is 5. The second-order valence-corrected chi connectivity index (χ2v) is 2.86. The molecule has 7 heteroatoms. The highest BCUT2D eigenvalue weighted by molar-refractivity contribution is 5.85. The quantitative estimate of drug-likeness (QED) is 0.597. The van der Waals surface area contributed by atoms with Crippen molar-refractivity contribution < 1.29 is 19.1 Å². The van der Waals surface area contributed by atoms with Gasteiger partial charge >= 0.3 is 5.97 Å². The molecule has 0 aliphatic carbocycles. The number of amides is 1. The topological polar surface area (TPSA) is 76.7 Å². The molecule has 0 radical (unpaired) electrons. The van der Waals surface area contributed by atoms with E-state index in [1.54, 1.807) is 0 Å². The van der Waals surface area contributed by atoms with Gasteiger partial charge in [-0.2, -0.15) is 0 Å². The van der Waals surface area contributed by atoms with Crippen LogP contribution in [0.15, 0.2) is 0 Å². The molecule has 0 aromatic carbocycles. The molecule has 1 aliphatic rings. The van der Waals surface area contributed by atoms with Crippen LogP contribution >= 0.6 is 12.4 Å². The van der Waals surface area contributed by atoms with Crippen LogP contribution in [-0.4, -0.2) is 51.3 Å². The zero-order valence-electron chi connectivity index (χ0n) is 8.45. The highest BCUT2D eigenvalue weighted by atomic mass is 35.5. The maximum Gasteiger partial charge on any atom is 0.325 e. The zero-order valence-corrected chi connectivity index (χ0v) is 9.26. The molecule has 0 spiro atoms. The van der Waals surface area contributed by atoms with E-state index in [0.717, 1.165) is 6.54 Å².